The Kier molecular flexibility index (Phi) is 44.0. The number of aliphatic hydroxyl groups is 5. The van der Waals surface area contributed by atoms with Crippen LogP contribution in [0.25, 0.3) is 0 Å². The van der Waals surface area contributed by atoms with Crippen molar-refractivity contribution >= 4 is 5.91 Å². The van der Waals surface area contributed by atoms with E-state index in [1.807, 2.05) is 6.08 Å². The summed E-state index contributed by atoms with van der Waals surface area (Å²) in [7, 11) is 0. The number of hydrogen-bond donors (Lipinski definition) is 6. The fourth-order valence-corrected chi connectivity index (χ4v) is 9.06. The lowest BCUT2D eigenvalue weighted by atomic mass is 9.99. The zero-order chi connectivity index (χ0) is 47.3. The molecular weight excluding hydrogens is 815 g/mol. The summed E-state index contributed by atoms with van der Waals surface area (Å²) in [6.45, 7) is 3.76. The van der Waals surface area contributed by atoms with Crippen LogP contribution in [0.3, 0.4) is 0 Å². The highest BCUT2D eigenvalue weighted by molar-refractivity contribution is 5.76. The predicted octanol–water partition coefficient (Wildman–Crippen LogP) is 13.4. The average molecular weight is 922 g/mol. The summed E-state index contributed by atoms with van der Waals surface area (Å²) >= 11 is 0. The largest absolute Gasteiger partial charge is 0.394 e. The van der Waals surface area contributed by atoms with Crippen molar-refractivity contribution in [2.24, 2.45) is 0 Å². The number of amides is 1. The van der Waals surface area contributed by atoms with Gasteiger partial charge in [-0.25, -0.2) is 0 Å². The molecule has 0 aromatic rings. The van der Waals surface area contributed by atoms with E-state index in [1.54, 1.807) is 6.08 Å². The lowest BCUT2D eigenvalue weighted by molar-refractivity contribution is -0.302. The zero-order valence-electron chi connectivity index (χ0n) is 42.5. The van der Waals surface area contributed by atoms with E-state index >= 15 is 0 Å². The smallest absolute Gasteiger partial charge is 0.220 e. The third-order valence-electron chi connectivity index (χ3n) is 13.5. The molecule has 0 aliphatic carbocycles. The van der Waals surface area contributed by atoms with Crippen LogP contribution < -0.4 is 5.32 Å². The number of carbonyl (C=O) groups excluding carboxylic acids is 1. The van der Waals surface area contributed by atoms with Crippen LogP contribution in [-0.4, -0.2) is 87.5 Å². The van der Waals surface area contributed by atoms with Gasteiger partial charge in [0.25, 0.3) is 0 Å². The fraction of sp³-hybridized carbons (Fsp3) is 0.911. The molecule has 9 nitrogen and oxygen atoms in total. The topological polar surface area (TPSA) is 149 Å². The maximum absolute atomic E-state index is 12.9. The van der Waals surface area contributed by atoms with Crippen LogP contribution in [0.5, 0.6) is 0 Å². The lowest BCUT2D eigenvalue weighted by Crippen LogP contribution is -2.60. The minimum Gasteiger partial charge on any atom is -0.394 e. The number of carbonyl (C=O) groups is 1. The summed E-state index contributed by atoms with van der Waals surface area (Å²) < 4.78 is 11.2. The summed E-state index contributed by atoms with van der Waals surface area (Å²) in [6, 6.07) is -0.816. The van der Waals surface area contributed by atoms with Crippen LogP contribution in [0, 0.1) is 0 Å². The number of nitrogens with one attached hydrogen (secondary N) is 1. The summed E-state index contributed by atoms with van der Waals surface area (Å²) in [5.41, 5.74) is 0. The summed E-state index contributed by atoms with van der Waals surface area (Å²) in [4.78, 5) is 12.9. The number of allylic oxidation sites excluding steroid dienone is 3. The van der Waals surface area contributed by atoms with Gasteiger partial charge in [-0.2, -0.15) is 0 Å². The van der Waals surface area contributed by atoms with Gasteiger partial charge in [-0.3, -0.25) is 4.79 Å². The van der Waals surface area contributed by atoms with Gasteiger partial charge in [-0.1, -0.05) is 256 Å². The highest BCUT2D eigenvalue weighted by Crippen LogP contribution is 2.23. The van der Waals surface area contributed by atoms with E-state index < -0.39 is 49.5 Å². The van der Waals surface area contributed by atoms with Crippen molar-refractivity contribution in [3.63, 3.8) is 0 Å². The Bertz CT molecular complexity index is 1070. The Balaban J connectivity index is 2.13. The van der Waals surface area contributed by atoms with E-state index in [1.165, 1.54) is 212 Å². The standard InChI is InChI=1S/C56H107NO8/c1-3-5-7-9-11-13-15-16-17-18-19-20-21-22-23-24-25-26-27-28-29-30-31-32-33-34-35-36-37-39-41-43-45-50(59)49(48-64-56-55(63)54(62)53(61)51(47-58)65-56)57-52(60)46-44-42-40-38-14-12-10-8-6-4-2/h36-37,43,45,49-51,53-56,58-59,61-63H,3-35,38-42,44,46-48H2,1-2H3,(H,57,60)/b37-36+,45-43+. The zero-order valence-corrected chi connectivity index (χ0v) is 42.5. The molecule has 1 aliphatic heterocycles. The van der Waals surface area contributed by atoms with E-state index in [2.05, 4.69) is 31.3 Å². The Morgan fingerprint density at radius 1 is 0.508 bits per heavy atom. The molecule has 1 aliphatic rings. The monoisotopic (exact) mass is 922 g/mol. The number of ether oxygens (including phenoxy) is 2. The Labute approximate surface area is 400 Å². The first-order valence-corrected chi connectivity index (χ1v) is 28.1. The van der Waals surface area contributed by atoms with Crippen molar-refractivity contribution in [2.75, 3.05) is 13.2 Å². The van der Waals surface area contributed by atoms with Gasteiger partial charge in [0, 0.05) is 6.42 Å². The van der Waals surface area contributed by atoms with Crippen molar-refractivity contribution in [1.82, 2.24) is 5.32 Å². The molecule has 1 saturated heterocycles. The molecule has 0 aromatic carbocycles. The first kappa shape index (κ1) is 61.7. The molecule has 1 heterocycles. The highest BCUT2D eigenvalue weighted by atomic mass is 16.7. The molecule has 1 rings (SSSR count). The number of hydrogen-bond acceptors (Lipinski definition) is 8. The highest BCUT2D eigenvalue weighted by Gasteiger charge is 2.44. The maximum Gasteiger partial charge on any atom is 0.220 e. The van der Waals surface area contributed by atoms with Gasteiger partial charge in [0.15, 0.2) is 6.29 Å². The lowest BCUT2D eigenvalue weighted by Gasteiger charge is -2.40. The second kappa shape index (κ2) is 46.4. The molecule has 0 spiro atoms. The van der Waals surface area contributed by atoms with E-state index in [9.17, 15) is 30.3 Å². The number of aliphatic hydroxyl groups excluding tert-OH is 5. The van der Waals surface area contributed by atoms with Crippen LogP contribution in [-0.2, 0) is 14.3 Å². The van der Waals surface area contributed by atoms with Gasteiger partial charge in [0.05, 0.1) is 25.4 Å². The van der Waals surface area contributed by atoms with Gasteiger partial charge in [-0.05, 0) is 32.1 Å². The van der Waals surface area contributed by atoms with E-state index in [0.717, 1.165) is 38.5 Å². The second-order valence-corrected chi connectivity index (χ2v) is 19.7. The number of rotatable bonds is 48. The van der Waals surface area contributed by atoms with Gasteiger partial charge >= 0.3 is 0 Å². The van der Waals surface area contributed by atoms with Crippen molar-refractivity contribution in [3.05, 3.63) is 24.3 Å². The fourth-order valence-electron chi connectivity index (χ4n) is 9.06. The second-order valence-electron chi connectivity index (χ2n) is 19.7. The van der Waals surface area contributed by atoms with Crippen LogP contribution in [0.2, 0.25) is 0 Å². The molecule has 1 amide bonds. The summed E-state index contributed by atoms with van der Waals surface area (Å²) in [5.74, 6) is -0.187. The van der Waals surface area contributed by atoms with Gasteiger partial charge in [0.2, 0.25) is 5.91 Å². The Hall–Kier alpha value is -1.33. The average Bonchev–Trinajstić information content (AvgIpc) is 3.31. The summed E-state index contributed by atoms with van der Waals surface area (Å²) in [6.07, 6.45) is 51.4. The van der Waals surface area contributed by atoms with Gasteiger partial charge in [0.1, 0.15) is 24.4 Å². The minimum atomic E-state index is -1.57. The van der Waals surface area contributed by atoms with Gasteiger partial charge in [-0.15, -0.1) is 0 Å². The molecule has 0 radical (unpaired) electrons. The van der Waals surface area contributed by atoms with Crippen LogP contribution in [0.1, 0.15) is 271 Å². The molecule has 7 unspecified atom stereocenters. The van der Waals surface area contributed by atoms with Crippen LogP contribution in [0.4, 0.5) is 0 Å². The van der Waals surface area contributed by atoms with Crippen molar-refractivity contribution in [1.29, 1.82) is 0 Å². The molecule has 0 saturated carbocycles. The molecule has 6 N–H and O–H groups in total. The van der Waals surface area contributed by atoms with Crippen molar-refractivity contribution < 1.29 is 39.8 Å². The molecule has 1 fully saturated rings. The molecular formula is C56H107NO8. The van der Waals surface area contributed by atoms with E-state index in [-0.39, 0.29) is 12.5 Å². The Morgan fingerprint density at radius 2 is 0.877 bits per heavy atom. The van der Waals surface area contributed by atoms with Gasteiger partial charge < -0.3 is 40.3 Å². The van der Waals surface area contributed by atoms with E-state index in [4.69, 9.17) is 9.47 Å². The SMILES string of the molecule is CCCCCCCCCCCCCCCCCCCCCCCCCCCC/C=C/CC/C=C/C(O)C(COC1OC(CO)C(O)C(O)C1O)NC(=O)CCCCCCCCCCCC. The quantitative estimate of drug-likeness (QED) is 0.0261. The van der Waals surface area contributed by atoms with Crippen molar-refractivity contribution in [3.8, 4) is 0 Å². The Morgan fingerprint density at radius 3 is 1.29 bits per heavy atom. The summed E-state index contributed by atoms with van der Waals surface area (Å²) in [5, 5.41) is 54.2. The normalized spacial score (nSPS) is 20.0. The first-order chi connectivity index (χ1) is 31.8. The molecule has 7 atom stereocenters. The van der Waals surface area contributed by atoms with E-state index in [0.29, 0.717) is 6.42 Å². The maximum atomic E-state index is 12.9. The molecule has 0 bridgehead atoms. The van der Waals surface area contributed by atoms with Crippen molar-refractivity contribution in [2.45, 2.75) is 314 Å². The number of unbranched alkanes of at least 4 members (excludes halogenated alkanes) is 36. The van der Waals surface area contributed by atoms with Crippen LogP contribution in [0.15, 0.2) is 24.3 Å². The third kappa shape index (κ3) is 36.3. The first-order valence-electron chi connectivity index (χ1n) is 28.1. The molecule has 65 heavy (non-hydrogen) atoms. The third-order valence-corrected chi connectivity index (χ3v) is 13.5. The minimum absolute atomic E-state index is 0.187. The van der Waals surface area contributed by atoms with Crippen LogP contribution >= 0.6 is 0 Å². The molecule has 384 valence electrons. The molecule has 0 aromatic heterocycles. The molecule has 9 heteroatoms. The predicted molar refractivity (Wildman–Crippen MR) is 272 cm³/mol.